The minimum Gasteiger partial charge on any atom is -0.274 e. The zero-order chi connectivity index (χ0) is 12.1. The van der Waals surface area contributed by atoms with E-state index in [1.165, 1.54) is 20.2 Å². The van der Waals surface area contributed by atoms with E-state index < -0.39 is 17.5 Å². The van der Waals surface area contributed by atoms with Crippen LogP contribution in [0.25, 0.3) is 6.08 Å². The molecule has 0 spiro atoms. The van der Waals surface area contributed by atoms with E-state index in [0.717, 1.165) is 29.3 Å². The lowest BCUT2D eigenvalue weighted by atomic mass is 10.2. The van der Waals surface area contributed by atoms with Gasteiger partial charge in [-0.05, 0) is 24.3 Å². The van der Waals surface area contributed by atoms with Crippen LogP contribution in [0.4, 0.5) is 8.78 Å². The van der Waals surface area contributed by atoms with Crippen molar-refractivity contribution < 1.29 is 18.4 Å². The molecule has 0 N–H and O–H groups in total. The highest BCUT2D eigenvalue weighted by Crippen LogP contribution is 2.11. The third-order valence-electron chi connectivity index (χ3n) is 1.95. The predicted molar refractivity (Wildman–Crippen MR) is 55.2 cm³/mol. The van der Waals surface area contributed by atoms with E-state index in [1.54, 1.807) is 0 Å². The van der Waals surface area contributed by atoms with Crippen molar-refractivity contribution in [2.45, 2.75) is 0 Å². The van der Waals surface area contributed by atoms with Gasteiger partial charge in [-0.3, -0.25) is 9.63 Å². The fourth-order valence-corrected chi connectivity index (χ4v) is 0.998. The lowest BCUT2D eigenvalue weighted by Gasteiger charge is -2.10. The molecule has 0 radical (unpaired) electrons. The summed E-state index contributed by atoms with van der Waals surface area (Å²) in [4.78, 5) is 15.9. The Morgan fingerprint density at radius 3 is 2.75 bits per heavy atom. The van der Waals surface area contributed by atoms with Gasteiger partial charge in [-0.2, -0.15) is 0 Å². The van der Waals surface area contributed by atoms with E-state index in [4.69, 9.17) is 0 Å². The molecule has 1 aromatic carbocycles. The number of halogens is 2. The Labute approximate surface area is 91.9 Å². The van der Waals surface area contributed by atoms with Crippen LogP contribution in [-0.4, -0.2) is 25.1 Å². The molecule has 0 aromatic heterocycles. The maximum Gasteiger partial charge on any atom is 0.269 e. The Morgan fingerprint density at radius 2 is 2.12 bits per heavy atom. The zero-order valence-electron chi connectivity index (χ0n) is 8.91. The molecule has 0 fully saturated rings. The summed E-state index contributed by atoms with van der Waals surface area (Å²) in [6, 6.07) is 3.02. The fraction of sp³-hybridized carbons (Fsp3) is 0.182. The third kappa shape index (κ3) is 3.13. The van der Waals surface area contributed by atoms with E-state index in [9.17, 15) is 13.6 Å². The highest BCUT2D eigenvalue weighted by molar-refractivity contribution is 5.90. The highest BCUT2D eigenvalue weighted by Gasteiger charge is 2.04. The van der Waals surface area contributed by atoms with Crippen molar-refractivity contribution in [3.05, 3.63) is 41.5 Å². The second kappa shape index (κ2) is 5.37. The summed E-state index contributed by atoms with van der Waals surface area (Å²) in [6.07, 6.45) is 2.29. The van der Waals surface area contributed by atoms with Gasteiger partial charge in [-0.1, -0.05) is 0 Å². The minimum atomic E-state index is -0.592. The van der Waals surface area contributed by atoms with Crippen LogP contribution in [0.15, 0.2) is 24.3 Å². The number of likely N-dealkylation sites (N-methyl/N-ethyl adjacent to an activating group) is 1. The summed E-state index contributed by atoms with van der Waals surface area (Å²) in [5, 5.41) is 0.966. The Kier molecular flexibility index (Phi) is 4.13. The topological polar surface area (TPSA) is 29.5 Å². The molecule has 1 amide bonds. The summed E-state index contributed by atoms with van der Waals surface area (Å²) < 4.78 is 25.9. The molecule has 0 aliphatic heterocycles. The zero-order valence-corrected chi connectivity index (χ0v) is 8.91. The molecule has 16 heavy (non-hydrogen) atoms. The van der Waals surface area contributed by atoms with Crippen molar-refractivity contribution in [2.75, 3.05) is 14.2 Å². The number of hydrogen-bond acceptors (Lipinski definition) is 2. The number of nitrogens with zero attached hydrogens (tertiary/aromatic N) is 1. The third-order valence-corrected chi connectivity index (χ3v) is 1.95. The molecular formula is C11H11F2NO2. The first-order valence-corrected chi connectivity index (χ1v) is 4.49. The van der Waals surface area contributed by atoms with Crippen molar-refractivity contribution in [2.24, 2.45) is 0 Å². The van der Waals surface area contributed by atoms with Gasteiger partial charge in [0.05, 0.1) is 7.11 Å². The summed E-state index contributed by atoms with van der Waals surface area (Å²) in [5.74, 6) is -1.62. The molecule has 0 atom stereocenters. The molecular weight excluding hydrogens is 216 g/mol. The van der Waals surface area contributed by atoms with E-state index in [-0.39, 0.29) is 5.56 Å². The van der Waals surface area contributed by atoms with Gasteiger partial charge in [0.2, 0.25) is 0 Å². The molecule has 1 aromatic rings. The number of carbonyl (C=O) groups is 1. The smallest absolute Gasteiger partial charge is 0.269 e. The van der Waals surface area contributed by atoms with Gasteiger partial charge in [0.25, 0.3) is 5.91 Å². The van der Waals surface area contributed by atoms with Crippen LogP contribution in [0.3, 0.4) is 0 Å². The second-order valence-corrected chi connectivity index (χ2v) is 3.02. The van der Waals surface area contributed by atoms with E-state index in [0.29, 0.717) is 0 Å². The number of rotatable bonds is 3. The Bertz CT molecular complexity index is 418. The van der Waals surface area contributed by atoms with Gasteiger partial charge >= 0.3 is 0 Å². The van der Waals surface area contributed by atoms with Crippen molar-refractivity contribution in [1.29, 1.82) is 0 Å². The van der Waals surface area contributed by atoms with Crippen LogP contribution in [0, 0.1) is 11.6 Å². The predicted octanol–water partition coefficient (Wildman–Crippen LogP) is 2.00. The average Bonchev–Trinajstić information content (AvgIpc) is 2.28. The molecule has 3 nitrogen and oxygen atoms in total. The maximum atomic E-state index is 13.1. The van der Waals surface area contributed by atoms with Crippen LogP contribution >= 0.6 is 0 Å². The monoisotopic (exact) mass is 227 g/mol. The molecule has 0 aliphatic rings. The van der Waals surface area contributed by atoms with E-state index in [1.807, 2.05) is 0 Å². The minimum absolute atomic E-state index is 0.0119. The number of hydroxylamine groups is 2. The van der Waals surface area contributed by atoms with Gasteiger partial charge in [0.15, 0.2) is 0 Å². The Balaban J connectivity index is 2.84. The van der Waals surface area contributed by atoms with Gasteiger partial charge in [0.1, 0.15) is 11.6 Å². The van der Waals surface area contributed by atoms with Crippen LogP contribution in [0.1, 0.15) is 5.56 Å². The summed E-state index contributed by atoms with van der Waals surface area (Å²) in [6.45, 7) is 0. The SMILES string of the molecule is CON(C)C(=O)/C=C/c1cc(F)ccc1F. The lowest BCUT2D eigenvalue weighted by molar-refractivity contribution is -0.162. The lowest BCUT2D eigenvalue weighted by Crippen LogP contribution is -2.22. The van der Waals surface area contributed by atoms with Crippen LogP contribution < -0.4 is 0 Å². The van der Waals surface area contributed by atoms with Crippen molar-refractivity contribution in [1.82, 2.24) is 5.06 Å². The first-order chi connectivity index (χ1) is 7.54. The Hall–Kier alpha value is -1.75. The van der Waals surface area contributed by atoms with Gasteiger partial charge in [-0.25, -0.2) is 13.8 Å². The van der Waals surface area contributed by atoms with Crippen LogP contribution in [-0.2, 0) is 9.63 Å². The van der Waals surface area contributed by atoms with Crippen molar-refractivity contribution in [3.63, 3.8) is 0 Å². The molecule has 0 aliphatic carbocycles. The van der Waals surface area contributed by atoms with E-state index in [2.05, 4.69) is 4.84 Å². The number of carbonyl (C=O) groups excluding carboxylic acids is 1. The summed E-state index contributed by atoms with van der Waals surface area (Å²) in [7, 11) is 2.74. The first kappa shape index (κ1) is 12.3. The molecule has 0 unspecified atom stereocenters. The highest BCUT2D eigenvalue weighted by atomic mass is 19.1. The maximum absolute atomic E-state index is 13.1. The molecule has 0 saturated heterocycles. The second-order valence-electron chi connectivity index (χ2n) is 3.02. The van der Waals surface area contributed by atoms with E-state index >= 15 is 0 Å². The summed E-state index contributed by atoms with van der Waals surface area (Å²) >= 11 is 0. The fourth-order valence-electron chi connectivity index (χ4n) is 0.998. The summed E-state index contributed by atoms with van der Waals surface area (Å²) in [5.41, 5.74) is 0.0119. The van der Waals surface area contributed by atoms with Crippen LogP contribution in [0.5, 0.6) is 0 Å². The number of hydrogen-bond donors (Lipinski definition) is 0. The normalized spacial score (nSPS) is 10.8. The Morgan fingerprint density at radius 1 is 1.44 bits per heavy atom. The van der Waals surface area contributed by atoms with Gasteiger partial charge in [-0.15, -0.1) is 0 Å². The quantitative estimate of drug-likeness (QED) is 0.584. The number of benzene rings is 1. The molecule has 0 heterocycles. The average molecular weight is 227 g/mol. The van der Waals surface area contributed by atoms with Gasteiger partial charge < -0.3 is 0 Å². The molecule has 0 bridgehead atoms. The molecule has 0 saturated carbocycles. The van der Waals surface area contributed by atoms with Crippen LogP contribution in [0.2, 0.25) is 0 Å². The van der Waals surface area contributed by atoms with Gasteiger partial charge in [0, 0.05) is 18.7 Å². The van der Waals surface area contributed by atoms with Crippen molar-refractivity contribution >= 4 is 12.0 Å². The molecule has 86 valence electrons. The molecule has 5 heteroatoms. The molecule has 1 rings (SSSR count). The number of amides is 1. The van der Waals surface area contributed by atoms with Crippen molar-refractivity contribution in [3.8, 4) is 0 Å². The standard InChI is InChI=1S/C11H11F2NO2/c1-14(16-2)11(15)6-3-8-7-9(12)4-5-10(8)13/h3-7H,1-2H3/b6-3+. The first-order valence-electron chi connectivity index (χ1n) is 4.49. The largest absolute Gasteiger partial charge is 0.274 e.